The molecular weight excluding hydrogens is 376 g/mol. The highest BCUT2D eigenvalue weighted by Crippen LogP contribution is 2.28. The minimum absolute atomic E-state index is 0.0210. The maximum atomic E-state index is 12.7. The van der Waals surface area contributed by atoms with Crippen LogP contribution in [0.4, 0.5) is 0 Å². The van der Waals surface area contributed by atoms with Crippen molar-refractivity contribution in [3.8, 4) is 0 Å². The summed E-state index contributed by atoms with van der Waals surface area (Å²) < 4.78 is 27.7. The van der Waals surface area contributed by atoms with Crippen molar-refractivity contribution < 1.29 is 33.3 Å². The first kappa shape index (κ1) is 22.9. The standard InChI is InChI=1S/C22H30O7/c1-4-7-13-27-22(24)20(16-11-9-8-10-12-16)29-19-15-17(25-5-2)14-18(28-19)21(23)26-6-3/h8-12,14,17,19-20H,4-7,13,15H2,1-3H3/t17-,19-,20-/m1/s1. The maximum Gasteiger partial charge on any atom is 0.373 e. The molecule has 1 heterocycles. The van der Waals surface area contributed by atoms with Gasteiger partial charge in [-0.1, -0.05) is 43.7 Å². The third kappa shape index (κ3) is 7.18. The van der Waals surface area contributed by atoms with Gasteiger partial charge < -0.3 is 23.7 Å². The van der Waals surface area contributed by atoms with E-state index in [9.17, 15) is 9.59 Å². The molecule has 0 unspecified atom stereocenters. The summed E-state index contributed by atoms with van der Waals surface area (Å²) in [4.78, 5) is 24.8. The lowest BCUT2D eigenvalue weighted by Crippen LogP contribution is -2.34. The summed E-state index contributed by atoms with van der Waals surface area (Å²) in [6.45, 7) is 6.61. The molecule has 1 aliphatic rings. The fourth-order valence-electron chi connectivity index (χ4n) is 2.83. The van der Waals surface area contributed by atoms with E-state index in [1.54, 1.807) is 25.1 Å². The molecular formula is C22H30O7. The summed E-state index contributed by atoms with van der Waals surface area (Å²) in [6.07, 6.45) is 1.39. The summed E-state index contributed by atoms with van der Waals surface area (Å²) in [6, 6.07) is 9.07. The van der Waals surface area contributed by atoms with Gasteiger partial charge in [0, 0.05) is 13.0 Å². The summed E-state index contributed by atoms with van der Waals surface area (Å²) >= 11 is 0. The zero-order valence-corrected chi connectivity index (χ0v) is 17.3. The first-order valence-electron chi connectivity index (χ1n) is 10.1. The van der Waals surface area contributed by atoms with Gasteiger partial charge in [0.2, 0.25) is 12.0 Å². The first-order chi connectivity index (χ1) is 14.1. The Labute approximate surface area is 171 Å². The number of carbonyl (C=O) groups excluding carboxylic acids is 2. The molecule has 0 spiro atoms. The van der Waals surface area contributed by atoms with Gasteiger partial charge in [-0.15, -0.1) is 0 Å². The van der Waals surface area contributed by atoms with Gasteiger partial charge in [-0.05, 0) is 31.9 Å². The Morgan fingerprint density at radius 3 is 2.52 bits per heavy atom. The second-order valence-electron chi connectivity index (χ2n) is 6.48. The monoisotopic (exact) mass is 406 g/mol. The molecule has 1 aromatic rings. The van der Waals surface area contributed by atoms with Crippen molar-refractivity contribution in [3.63, 3.8) is 0 Å². The lowest BCUT2D eigenvalue weighted by Gasteiger charge is -2.30. The molecule has 0 aromatic heterocycles. The molecule has 0 N–H and O–H groups in total. The number of hydrogen-bond acceptors (Lipinski definition) is 7. The van der Waals surface area contributed by atoms with Gasteiger partial charge in [0.15, 0.2) is 6.10 Å². The first-order valence-corrected chi connectivity index (χ1v) is 10.1. The maximum absolute atomic E-state index is 12.7. The topological polar surface area (TPSA) is 80.3 Å². The molecule has 160 valence electrons. The predicted octanol–water partition coefficient (Wildman–Crippen LogP) is 3.69. The van der Waals surface area contributed by atoms with Gasteiger partial charge in [-0.3, -0.25) is 0 Å². The SMILES string of the molecule is CCCCOC(=O)[C@H](O[C@@H]1C[C@H](OCC)C=C(C(=O)OCC)O1)c1ccccc1. The second-order valence-corrected chi connectivity index (χ2v) is 6.48. The molecule has 1 aliphatic heterocycles. The van der Waals surface area contributed by atoms with Crippen molar-refractivity contribution >= 4 is 11.9 Å². The highest BCUT2D eigenvalue weighted by molar-refractivity contribution is 5.86. The van der Waals surface area contributed by atoms with Gasteiger partial charge in [-0.2, -0.15) is 0 Å². The van der Waals surface area contributed by atoms with Gasteiger partial charge in [0.1, 0.15) is 0 Å². The molecule has 3 atom stereocenters. The Morgan fingerprint density at radius 2 is 1.86 bits per heavy atom. The fraction of sp³-hybridized carbons (Fsp3) is 0.545. The minimum Gasteiger partial charge on any atom is -0.464 e. The van der Waals surface area contributed by atoms with Crippen LogP contribution in [0.1, 0.15) is 51.7 Å². The van der Waals surface area contributed by atoms with E-state index in [1.807, 2.05) is 32.0 Å². The zero-order valence-electron chi connectivity index (χ0n) is 17.3. The Kier molecular flexibility index (Phi) is 9.67. The minimum atomic E-state index is -0.970. The molecule has 2 rings (SSSR count). The van der Waals surface area contributed by atoms with Gasteiger partial charge in [0.25, 0.3) is 0 Å². The van der Waals surface area contributed by atoms with E-state index >= 15 is 0 Å². The van der Waals surface area contributed by atoms with E-state index in [0.717, 1.165) is 12.8 Å². The quantitative estimate of drug-likeness (QED) is 0.409. The van der Waals surface area contributed by atoms with E-state index in [-0.39, 0.29) is 18.5 Å². The van der Waals surface area contributed by atoms with E-state index < -0.39 is 24.3 Å². The lowest BCUT2D eigenvalue weighted by molar-refractivity contribution is -0.200. The van der Waals surface area contributed by atoms with Crippen LogP contribution in [0, 0.1) is 0 Å². The third-order valence-electron chi connectivity index (χ3n) is 4.22. The third-order valence-corrected chi connectivity index (χ3v) is 4.22. The average molecular weight is 406 g/mol. The van der Waals surface area contributed by atoms with Gasteiger partial charge >= 0.3 is 11.9 Å². The van der Waals surface area contributed by atoms with Crippen molar-refractivity contribution in [1.82, 2.24) is 0 Å². The smallest absolute Gasteiger partial charge is 0.373 e. The number of rotatable bonds is 11. The van der Waals surface area contributed by atoms with E-state index in [4.69, 9.17) is 23.7 Å². The zero-order chi connectivity index (χ0) is 21.1. The van der Waals surface area contributed by atoms with Crippen LogP contribution in [0.5, 0.6) is 0 Å². The number of benzene rings is 1. The van der Waals surface area contributed by atoms with Crippen LogP contribution < -0.4 is 0 Å². The number of ether oxygens (including phenoxy) is 5. The molecule has 0 saturated heterocycles. The van der Waals surface area contributed by atoms with Gasteiger partial charge in [-0.25, -0.2) is 9.59 Å². The van der Waals surface area contributed by atoms with Crippen molar-refractivity contribution in [2.75, 3.05) is 19.8 Å². The summed E-state index contributed by atoms with van der Waals surface area (Å²) in [5.74, 6) is -1.06. The Hall–Kier alpha value is -2.38. The number of esters is 2. The Balaban J connectivity index is 2.16. The molecule has 0 aliphatic carbocycles. The predicted molar refractivity (Wildman–Crippen MR) is 106 cm³/mol. The average Bonchev–Trinajstić information content (AvgIpc) is 2.73. The lowest BCUT2D eigenvalue weighted by atomic mass is 10.1. The van der Waals surface area contributed by atoms with E-state index in [2.05, 4.69) is 0 Å². The molecule has 0 saturated carbocycles. The van der Waals surface area contributed by atoms with Crippen LogP contribution in [0.2, 0.25) is 0 Å². The molecule has 1 aromatic carbocycles. The highest BCUT2D eigenvalue weighted by atomic mass is 16.7. The Morgan fingerprint density at radius 1 is 1.10 bits per heavy atom. The van der Waals surface area contributed by atoms with Crippen molar-refractivity contribution in [2.45, 2.75) is 58.5 Å². The molecule has 29 heavy (non-hydrogen) atoms. The van der Waals surface area contributed by atoms with Crippen LogP contribution in [0.25, 0.3) is 0 Å². The molecule has 0 bridgehead atoms. The molecule has 7 heteroatoms. The van der Waals surface area contributed by atoms with Crippen LogP contribution in [-0.4, -0.2) is 44.2 Å². The number of hydrogen-bond donors (Lipinski definition) is 0. The summed E-state index contributed by atoms with van der Waals surface area (Å²) in [7, 11) is 0. The van der Waals surface area contributed by atoms with Crippen LogP contribution >= 0.6 is 0 Å². The largest absolute Gasteiger partial charge is 0.464 e. The van der Waals surface area contributed by atoms with Gasteiger partial charge in [0.05, 0.1) is 19.3 Å². The fourth-order valence-corrected chi connectivity index (χ4v) is 2.83. The van der Waals surface area contributed by atoms with Crippen LogP contribution in [0.15, 0.2) is 42.2 Å². The van der Waals surface area contributed by atoms with Crippen LogP contribution in [0.3, 0.4) is 0 Å². The van der Waals surface area contributed by atoms with E-state index in [1.165, 1.54) is 0 Å². The van der Waals surface area contributed by atoms with Crippen molar-refractivity contribution in [3.05, 3.63) is 47.7 Å². The molecule has 7 nitrogen and oxygen atoms in total. The second kappa shape index (κ2) is 12.2. The van der Waals surface area contributed by atoms with Crippen LogP contribution in [-0.2, 0) is 33.3 Å². The Bertz CT molecular complexity index is 671. The summed E-state index contributed by atoms with van der Waals surface area (Å²) in [5, 5.41) is 0. The summed E-state index contributed by atoms with van der Waals surface area (Å²) in [5.41, 5.74) is 0.651. The van der Waals surface area contributed by atoms with Crippen molar-refractivity contribution in [2.24, 2.45) is 0 Å². The molecule has 0 radical (unpaired) electrons. The van der Waals surface area contributed by atoms with Crippen molar-refractivity contribution in [1.29, 1.82) is 0 Å². The normalized spacial score (nSPS) is 19.6. The van der Waals surface area contributed by atoms with E-state index in [0.29, 0.717) is 25.2 Å². The highest BCUT2D eigenvalue weighted by Gasteiger charge is 2.34. The number of carbonyl (C=O) groups is 2. The number of unbranched alkanes of at least 4 members (excludes halogenated alkanes) is 1. The molecule has 0 fully saturated rings. The molecule has 0 amide bonds.